The summed E-state index contributed by atoms with van der Waals surface area (Å²) < 4.78 is 6.20. The number of halogens is 1. The van der Waals surface area contributed by atoms with Crippen molar-refractivity contribution in [2.24, 2.45) is 0 Å². The maximum absolute atomic E-state index is 9.26. The van der Waals surface area contributed by atoms with Crippen molar-refractivity contribution in [1.82, 2.24) is 4.98 Å². The highest BCUT2D eigenvalue weighted by molar-refractivity contribution is 9.10. The second kappa shape index (κ2) is 3.12. The van der Waals surface area contributed by atoms with Gasteiger partial charge in [-0.25, -0.2) is 4.98 Å². The van der Waals surface area contributed by atoms with Gasteiger partial charge in [0.15, 0.2) is 0 Å². The molecule has 2 rings (SSSR count). The van der Waals surface area contributed by atoms with E-state index in [4.69, 9.17) is 4.42 Å². The van der Waals surface area contributed by atoms with Crippen LogP contribution in [0, 0.1) is 0 Å². The summed E-state index contributed by atoms with van der Waals surface area (Å²) in [5, 5.41) is 10.2. The third-order valence-electron chi connectivity index (χ3n) is 1.77. The molecule has 0 saturated carbocycles. The van der Waals surface area contributed by atoms with Crippen LogP contribution in [0.4, 0.5) is 0 Å². The molecule has 0 aliphatic heterocycles. The number of hydrogen-bond donors (Lipinski definition) is 1. The summed E-state index contributed by atoms with van der Waals surface area (Å²) in [5.41, 5.74) is 0.555. The lowest BCUT2D eigenvalue weighted by Gasteiger charge is -1.94. The summed E-state index contributed by atoms with van der Waals surface area (Å²) >= 11 is 3.31. The van der Waals surface area contributed by atoms with E-state index >= 15 is 0 Å². The van der Waals surface area contributed by atoms with Crippen LogP contribution in [0.1, 0.15) is 18.8 Å². The molecule has 68 valence electrons. The maximum atomic E-state index is 9.26. The van der Waals surface area contributed by atoms with Gasteiger partial charge in [0.05, 0.1) is 0 Å². The first-order chi connectivity index (χ1) is 6.16. The Bertz CT molecular complexity index is 436. The van der Waals surface area contributed by atoms with Crippen molar-refractivity contribution in [2.75, 3.05) is 0 Å². The number of hydrogen-bond acceptors (Lipinski definition) is 3. The summed E-state index contributed by atoms with van der Waals surface area (Å²) in [7, 11) is 0. The lowest BCUT2D eigenvalue weighted by atomic mass is 10.3. The molecule has 2 aromatic heterocycles. The predicted molar refractivity (Wildman–Crippen MR) is 52.3 cm³/mol. The van der Waals surface area contributed by atoms with E-state index in [1.807, 2.05) is 6.07 Å². The second-order valence-corrected chi connectivity index (χ2v) is 3.79. The van der Waals surface area contributed by atoms with E-state index in [1.165, 1.54) is 0 Å². The number of nitrogens with zero attached hydrogens (tertiary/aromatic N) is 1. The first kappa shape index (κ1) is 8.72. The summed E-state index contributed by atoms with van der Waals surface area (Å²) in [4.78, 5) is 4.06. The SMILES string of the molecule is CC(O)c1cc2cc(Br)cnc2o1. The minimum atomic E-state index is -0.590. The molecule has 0 aliphatic carbocycles. The summed E-state index contributed by atoms with van der Waals surface area (Å²) in [6.45, 7) is 1.66. The minimum absolute atomic E-state index is 0.542. The van der Waals surface area contributed by atoms with Gasteiger partial charge >= 0.3 is 0 Å². The summed E-state index contributed by atoms with van der Waals surface area (Å²) in [6.07, 6.45) is 1.07. The van der Waals surface area contributed by atoms with Crippen LogP contribution >= 0.6 is 15.9 Å². The van der Waals surface area contributed by atoms with Gasteiger partial charge in [0.1, 0.15) is 11.9 Å². The fourth-order valence-electron chi connectivity index (χ4n) is 1.13. The standard InChI is InChI=1S/C9H8BrNO2/c1-5(12)8-3-6-2-7(10)4-11-9(6)13-8/h2-5,12H,1H3. The van der Waals surface area contributed by atoms with E-state index in [2.05, 4.69) is 20.9 Å². The van der Waals surface area contributed by atoms with Crippen LogP contribution in [0.25, 0.3) is 11.1 Å². The van der Waals surface area contributed by atoms with Gasteiger partial charge in [-0.05, 0) is 35.0 Å². The Kier molecular flexibility index (Phi) is 2.09. The molecule has 4 heteroatoms. The van der Waals surface area contributed by atoms with Gasteiger partial charge < -0.3 is 9.52 Å². The van der Waals surface area contributed by atoms with Crippen molar-refractivity contribution in [3.05, 3.63) is 28.6 Å². The molecule has 0 aromatic carbocycles. The van der Waals surface area contributed by atoms with Crippen molar-refractivity contribution in [1.29, 1.82) is 0 Å². The van der Waals surface area contributed by atoms with Gasteiger partial charge in [0.25, 0.3) is 0 Å². The quantitative estimate of drug-likeness (QED) is 0.836. The van der Waals surface area contributed by atoms with Crippen LogP contribution in [0.15, 0.2) is 27.2 Å². The van der Waals surface area contributed by atoms with Gasteiger partial charge in [-0.15, -0.1) is 0 Å². The van der Waals surface area contributed by atoms with E-state index in [1.54, 1.807) is 19.2 Å². The average molecular weight is 242 g/mol. The smallest absolute Gasteiger partial charge is 0.226 e. The Morgan fingerprint density at radius 2 is 2.31 bits per heavy atom. The molecule has 3 nitrogen and oxygen atoms in total. The highest BCUT2D eigenvalue weighted by atomic mass is 79.9. The van der Waals surface area contributed by atoms with Gasteiger partial charge in [-0.1, -0.05) is 0 Å². The third kappa shape index (κ3) is 1.59. The summed E-state index contributed by atoms with van der Waals surface area (Å²) in [6, 6.07) is 3.69. The number of aromatic nitrogens is 1. The number of fused-ring (bicyclic) bond motifs is 1. The van der Waals surface area contributed by atoms with Crippen LogP contribution < -0.4 is 0 Å². The van der Waals surface area contributed by atoms with Crippen LogP contribution in [-0.2, 0) is 0 Å². The number of rotatable bonds is 1. The maximum Gasteiger partial charge on any atom is 0.226 e. The molecule has 0 aliphatic rings. The topological polar surface area (TPSA) is 46.3 Å². The first-order valence-corrected chi connectivity index (χ1v) is 4.69. The molecular weight excluding hydrogens is 234 g/mol. The van der Waals surface area contributed by atoms with E-state index in [9.17, 15) is 5.11 Å². The van der Waals surface area contributed by atoms with Crippen molar-refractivity contribution in [3.63, 3.8) is 0 Å². The highest BCUT2D eigenvalue weighted by Gasteiger charge is 2.08. The van der Waals surface area contributed by atoms with Crippen LogP contribution in [0.3, 0.4) is 0 Å². The minimum Gasteiger partial charge on any atom is -0.440 e. The van der Waals surface area contributed by atoms with Crippen molar-refractivity contribution < 1.29 is 9.52 Å². The molecule has 0 saturated heterocycles. The van der Waals surface area contributed by atoms with E-state index < -0.39 is 6.10 Å². The molecule has 0 amide bonds. The molecule has 2 heterocycles. The van der Waals surface area contributed by atoms with E-state index in [0.717, 1.165) is 9.86 Å². The van der Waals surface area contributed by atoms with Crippen molar-refractivity contribution in [2.45, 2.75) is 13.0 Å². The van der Waals surface area contributed by atoms with Crippen LogP contribution in [0.2, 0.25) is 0 Å². The Labute approximate surface area is 83.5 Å². The molecule has 1 unspecified atom stereocenters. The van der Waals surface area contributed by atoms with Gasteiger partial charge in [0, 0.05) is 16.1 Å². The van der Waals surface area contributed by atoms with Crippen molar-refractivity contribution in [3.8, 4) is 0 Å². The molecule has 1 atom stereocenters. The zero-order valence-corrected chi connectivity index (χ0v) is 8.58. The van der Waals surface area contributed by atoms with Gasteiger partial charge in [0.2, 0.25) is 5.71 Å². The molecule has 0 spiro atoms. The molecule has 0 bridgehead atoms. The Morgan fingerprint density at radius 3 is 3.00 bits per heavy atom. The van der Waals surface area contributed by atoms with E-state index in [0.29, 0.717) is 11.5 Å². The molecular formula is C9H8BrNO2. The highest BCUT2D eigenvalue weighted by Crippen LogP contribution is 2.24. The Balaban J connectivity index is 2.62. The molecule has 0 fully saturated rings. The molecule has 2 aromatic rings. The second-order valence-electron chi connectivity index (χ2n) is 2.87. The fraction of sp³-hybridized carbons (Fsp3) is 0.222. The fourth-order valence-corrected chi connectivity index (χ4v) is 1.48. The van der Waals surface area contributed by atoms with E-state index in [-0.39, 0.29) is 0 Å². The number of aliphatic hydroxyl groups excluding tert-OH is 1. The van der Waals surface area contributed by atoms with Gasteiger partial charge in [-0.2, -0.15) is 0 Å². The largest absolute Gasteiger partial charge is 0.440 e. The zero-order valence-electron chi connectivity index (χ0n) is 6.99. The normalized spacial score (nSPS) is 13.5. The molecule has 13 heavy (non-hydrogen) atoms. The average Bonchev–Trinajstić information content (AvgIpc) is 2.46. The lowest BCUT2D eigenvalue weighted by molar-refractivity contribution is 0.172. The van der Waals surface area contributed by atoms with Crippen LogP contribution in [0.5, 0.6) is 0 Å². The predicted octanol–water partition coefficient (Wildman–Crippen LogP) is 2.64. The number of furan rings is 1. The molecule has 0 radical (unpaired) electrons. The third-order valence-corrected chi connectivity index (χ3v) is 2.20. The monoisotopic (exact) mass is 241 g/mol. The lowest BCUT2D eigenvalue weighted by Crippen LogP contribution is -1.85. The first-order valence-electron chi connectivity index (χ1n) is 3.90. The molecule has 1 N–H and O–H groups in total. The van der Waals surface area contributed by atoms with Crippen LogP contribution in [-0.4, -0.2) is 10.1 Å². The summed E-state index contributed by atoms with van der Waals surface area (Å²) in [5.74, 6) is 0.542. The number of aliphatic hydroxyl groups is 1. The number of pyridine rings is 1. The Hall–Kier alpha value is -0.870. The zero-order chi connectivity index (χ0) is 9.42. The van der Waals surface area contributed by atoms with Gasteiger partial charge in [-0.3, -0.25) is 0 Å². The van der Waals surface area contributed by atoms with Crippen molar-refractivity contribution >= 4 is 27.0 Å². The Morgan fingerprint density at radius 1 is 1.54 bits per heavy atom.